The van der Waals surface area contributed by atoms with Gasteiger partial charge >= 0.3 is 0 Å². The first kappa shape index (κ1) is 19.9. The summed E-state index contributed by atoms with van der Waals surface area (Å²) in [6.45, 7) is 3.04. The third-order valence-corrected chi connectivity index (χ3v) is 6.99. The van der Waals surface area contributed by atoms with Gasteiger partial charge in [-0.05, 0) is 49.6 Å². The summed E-state index contributed by atoms with van der Waals surface area (Å²) in [7, 11) is -3.50. The standard InChI is InChI=1S/C20H23ClN2O3S/c1-15-5-7-19(8-6-15)27(25,26)23-11-9-17(10-12-23)20(24)22-14-16-3-2-4-18(21)13-16/h2-8,13,17H,9-12,14H2,1H3,(H,22,24). The number of halogens is 1. The second-order valence-corrected chi connectivity index (χ2v) is 9.21. The number of aryl methyl sites for hydroxylation is 1. The Morgan fingerprint density at radius 1 is 1.15 bits per heavy atom. The number of carbonyl (C=O) groups excluding carboxylic acids is 1. The summed E-state index contributed by atoms with van der Waals surface area (Å²) in [5, 5.41) is 3.56. The Kier molecular flexibility index (Phi) is 6.19. The molecule has 1 heterocycles. The van der Waals surface area contributed by atoms with Gasteiger partial charge in [0, 0.05) is 30.6 Å². The molecular formula is C20H23ClN2O3S. The summed E-state index contributed by atoms with van der Waals surface area (Å²) in [6, 6.07) is 14.2. The maximum atomic E-state index is 12.7. The van der Waals surface area contributed by atoms with Crippen molar-refractivity contribution in [2.45, 2.75) is 31.2 Å². The minimum Gasteiger partial charge on any atom is -0.352 e. The first-order valence-corrected chi connectivity index (χ1v) is 10.8. The van der Waals surface area contributed by atoms with E-state index >= 15 is 0 Å². The van der Waals surface area contributed by atoms with Gasteiger partial charge in [0.1, 0.15) is 0 Å². The van der Waals surface area contributed by atoms with E-state index in [-0.39, 0.29) is 11.8 Å². The highest BCUT2D eigenvalue weighted by molar-refractivity contribution is 7.89. The van der Waals surface area contributed by atoms with Crippen molar-refractivity contribution in [1.82, 2.24) is 9.62 Å². The van der Waals surface area contributed by atoms with Crippen LogP contribution < -0.4 is 5.32 Å². The lowest BCUT2D eigenvalue weighted by atomic mass is 9.97. The van der Waals surface area contributed by atoms with Gasteiger partial charge in [-0.3, -0.25) is 4.79 Å². The molecule has 0 atom stereocenters. The molecule has 27 heavy (non-hydrogen) atoms. The number of amides is 1. The minimum atomic E-state index is -3.50. The van der Waals surface area contributed by atoms with Crippen LogP contribution in [0.25, 0.3) is 0 Å². The first-order chi connectivity index (χ1) is 12.9. The predicted octanol–water partition coefficient (Wildman–Crippen LogP) is 3.37. The van der Waals surface area contributed by atoms with E-state index in [1.807, 2.05) is 25.1 Å². The van der Waals surface area contributed by atoms with Gasteiger partial charge in [-0.2, -0.15) is 4.31 Å². The first-order valence-electron chi connectivity index (χ1n) is 8.95. The van der Waals surface area contributed by atoms with Crippen molar-refractivity contribution in [3.63, 3.8) is 0 Å². The largest absolute Gasteiger partial charge is 0.352 e. The Balaban J connectivity index is 1.55. The Morgan fingerprint density at radius 2 is 1.81 bits per heavy atom. The van der Waals surface area contributed by atoms with Crippen LogP contribution >= 0.6 is 11.6 Å². The summed E-state index contributed by atoms with van der Waals surface area (Å²) in [5.41, 5.74) is 1.96. The summed E-state index contributed by atoms with van der Waals surface area (Å²) in [6.07, 6.45) is 1.04. The third kappa shape index (κ3) is 4.89. The zero-order chi connectivity index (χ0) is 19.4. The highest BCUT2D eigenvalue weighted by Crippen LogP contribution is 2.24. The lowest BCUT2D eigenvalue weighted by molar-refractivity contribution is -0.126. The van der Waals surface area contributed by atoms with Gasteiger partial charge in [-0.15, -0.1) is 0 Å². The van der Waals surface area contributed by atoms with Gasteiger partial charge in [0.25, 0.3) is 0 Å². The highest BCUT2D eigenvalue weighted by Gasteiger charge is 2.31. The molecule has 0 radical (unpaired) electrons. The lowest BCUT2D eigenvalue weighted by Crippen LogP contribution is -2.42. The van der Waals surface area contributed by atoms with Crippen LogP contribution in [0.2, 0.25) is 5.02 Å². The average molecular weight is 407 g/mol. The fourth-order valence-electron chi connectivity index (χ4n) is 3.20. The molecule has 5 nitrogen and oxygen atoms in total. The number of benzene rings is 2. The molecule has 2 aromatic carbocycles. The molecule has 3 rings (SSSR count). The van der Waals surface area contributed by atoms with E-state index in [9.17, 15) is 13.2 Å². The number of rotatable bonds is 5. The highest BCUT2D eigenvalue weighted by atomic mass is 35.5. The molecule has 0 unspecified atom stereocenters. The smallest absolute Gasteiger partial charge is 0.243 e. The molecule has 2 aromatic rings. The van der Waals surface area contributed by atoms with E-state index in [4.69, 9.17) is 11.6 Å². The molecule has 7 heteroatoms. The van der Waals surface area contributed by atoms with Crippen molar-refractivity contribution in [1.29, 1.82) is 0 Å². The fraction of sp³-hybridized carbons (Fsp3) is 0.350. The molecule has 1 fully saturated rings. The van der Waals surface area contributed by atoms with Gasteiger partial charge < -0.3 is 5.32 Å². The Morgan fingerprint density at radius 3 is 2.44 bits per heavy atom. The molecule has 1 saturated heterocycles. The molecule has 144 valence electrons. The van der Waals surface area contributed by atoms with Gasteiger partial charge in [0.15, 0.2) is 0 Å². The van der Waals surface area contributed by atoms with E-state index in [1.165, 1.54) is 4.31 Å². The summed E-state index contributed by atoms with van der Waals surface area (Å²) in [4.78, 5) is 12.7. The van der Waals surface area contributed by atoms with Crippen LogP contribution in [-0.4, -0.2) is 31.7 Å². The molecule has 0 aromatic heterocycles. The summed E-state index contributed by atoms with van der Waals surface area (Å²) in [5.74, 6) is -0.212. The van der Waals surface area contributed by atoms with Crippen LogP contribution in [0, 0.1) is 12.8 Å². The number of piperidine rings is 1. The average Bonchev–Trinajstić information content (AvgIpc) is 2.66. The van der Waals surface area contributed by atoms with Crippen LogP contribution in [0.1, 0.15) is 24.0 Å². The number of hydrogen-bond acceptors (Lipinski definition) is 3. The van der Waals surface area contributed by atoms with Crippen LogP contribution in [0.5, 0.6) is 0 Å². The van der Waals surface area contributed by atoms with Gasteiger partial charge in [-0.25, -0.2) is 8.42 Å². The summed E-state index contributed by atoms with van der Waals surface area (Å²) >= 11 is 5.95. The van der Waals surface area contributed by atoms with Crippen molar-refractivity contribution >= 4 is 27.5 Å². The lowest BCUT2D eigenvalue weighted by Gasteiger charge is -2.30. The minimum absolute atomic E-state index is 0.0395. The number of nitrogens with one attached hydrogen (secondary N) is 1. The Hall–Kier alpha value is -1.89. The monoisotopic (exact) mass is 406 g/mol. The molecule has 0 saturated carbocycles. The third-order valence-electron chi connectivity index (χ3n) is 4.84. The van der Waals surface area contributed by atoms with E-state index in [1.54, 1.807) is 30.3 Å². The van der Waals surface area contributed by atoms with Crippen molar-refractivity contribution in [3.8, 4) is 0 Å². The van der Waals surface area contributed by atoms with Crippen LogP contribution in [0.4, 0.5) is 0 Å². The number of sulfonamides is 1. The van der Waals surface area contributed by atoms with E-state index < -0.39 is 10.0 Å². The fourth-order valence-corrected chi connectivity index (χ4v) is 4.88. The molecule has 0 spiro atoms. The molecule has 1 amide bonds. The zero-order valence-electron chi connectivity index (χ0n) is 15.2. The van der Waals surface area contributed by atoms with Crippen molar-refractivity contribution in [2.75, 3.05) is 13.1 Å². The van der Waals surface area contributed by atoms with Crippen LogP contribution in [0.3, 0.4) is 0 Å². The maximum Gasteiger partial charge on any atom is 0.243 e. The molecule has 1 aliphatic heterocycles. The number of hydrogen-bond donors (Lipinski definition) is 1. The summed E-state index contributed by atoms with van der Waals surface area (Å²) < 4.78 is 26.9. The number of carbonyl (C=O) groups is 1. The van der Waals surface area contributed by atoms with Gasteiger partial charge in [-0.1, -0.05) is 41.4 Å². The zero-order valence-corrected chi connectivity index (χ0v) is 16.8. The maximum absolute atomic E-state index is 12.7. The van der Waals surface area contributed by atoms with E-state index in [2.05, 4.69) is 5.32 Å². The quantitative estimate of drug-likeness (QED) is 0.827. The molecule has 0 aliphatic carbocycles. The second-order valence-electron chi connectivity index (χ2n) is 6.84. The Bertz CT molecular complexity index is 905. The second kappa shape index (κ2) is 8.42. The van der Waals surface area contributed by atoms with Gasteiger partial charge in [0.05, 0.1) is 4.90 Å². The van der Waals surface area contributed by atoms with Gasteiger partial charge in [0.2, 0.25) is 15.9 Å². The molecular weight excluding hydrogens is 384 g/mol. The van der Waals surface area contributed by atoms with E-state index in [0.717, 1.165) is 11.1 Å². The predicted molar refractivity (Wildman–Crippen MR) is 106 cm³/mol. The van der Waals surface area contributed by atoms with Crippen LogP contribution in [0.15, 0.2) is 53.4 Å². The van der Waals surface area contributed by atoms with Crippen molar-refractivity contribution < 1.29 is 13.2 Å². The molecule has 0 bridgehead atoms. The topological polar surface area (TPSA) is 66.5 Å². The normalized spacial score (nSPS) is 16.2. The molecule has 1 aliphatic rings. The van der Waals surface area contributed by atoms with Crippen LogP contribution in [-0.2, 0) is 21.4 Å². The number of nitrogens with zero attached hydrogens (tertiary/aromatic N) is 1. The molecule has 1 N–H and O–H groups in total. The van der Waals surface area contributed by atoms with Crippen molar-refractivity contribution in [3.05, 3.63) is 64.7 Å². The van der Waals surface area contributed by atoms with Crippen molar-refractivity contribution in [2.24, 2.45) is 5.92 Å². The Labute approximate surface area is 165 Å². The van der Waals surface area contributed by atoms with E-state index in [0.29, 0.717) is 42.4 Å². The SMILES string of the molecule is Cc1ccc(S(=O)(=O)N2CCC(C(=O)NCc3cccc(Cl)c3)CC2)cc1.